The van der Waals surface area contributed by atoms with Gasteiger partial charge in [-0.1, -0.05) is 81.4 Å². The summed E-state index contributed by atoms with van der Waals surface area (Å²) in [6, 6.07) is 44.6. The van der Waals surface area contributed by atoms with E-state index in [1.54, 1.807) is 0 Å². The lowest BCUT2D eigenvalue weighted by molar-refractivity contribution is 0.590. The van der Waals surface area contributed by atoms with Crippen LogP contribution in [0.5, 0.6) is 0 Å². The van der Waals surface area contributed by atoms with Crippen molar-refractivity contribution in [3.63, 3.8) is 0 Å². The van der Waals surface area contributed by atoms with Gasteiger partial charge < -0.3 is 4.90 Å². The number of anilines is 3. The number of nitrogens with zero attached hydrogens (tertiary/aromatic N) is 1. The van der Waals surface area contributed by atoms with Crippen LogP contribution in [0.3, 0.4) is 0 Å². The summed E-state index contributed by atoms with van der Waals surface area (Å²) in [7, 11) is 0. The molecule has 6 aromatic rings. The van der Waals surface area contributed by atoms with Gasteiger partial charge in [-0.25, -0.2) is 0 Å². The van der Waals surface area contributed by atoms with E-state index in [9.17, 15) is 0 Å². The molecule has 0 heterocycles. The minimum atomic E-state index is 0.128. The average molecular weight is 476 g/mol. The van der Waals surface area contributed by atoms with Crippen molar-refractivity contribution in [3.05, 3.63) is 127 Å². The highest BCUT2D eigenvalue weighted by Gasteiger charge is 2.24. The zero-order valence-electron chi connectivity index (χ0n) is 21.5. The van der Waals surface area contributed by atoms with Gasteiger partial charge in [0.1, 0.15) is 0 Å². The Hall–Kier alpha value is -4.36. The maximum absolute atomic E-state index is 2.37. The molecule has 6 aromatic carbocycles. The summed E-state index contributed by atoms with van der Waals surface area (Å²) < 4.78 is 0. The van der Waals surface area contributed by atoms with Gasteiger partial charge in [0.05, 0.1) is 0 Å². The maximum atomic E-state index is 2.37. The molecule has 178 valence electrons. The summed E-state index contributed by atoms with van der Waals surface area (Å²) >= 11 is 0. The molecule has 0 spiro atoms. The Kier molecular flexibility index (Phi) is 4.78. The van der Waals surface area contributed by atoms with E-state index < -0.39 is 0 Å². The molecule has 1 aliphatic rings. The van der Waals surface area contributed by atoms with E-state index >= 15 is 0 Å². The molecule has 0 aromatic heterocycles. The molecule has 0 radical (unpaired) electrons. The van der Waals surface area contributed by atoms with Crippen LogP contribution >= 0.6 is 0 Å². The average Bonchev–Trinajstić information content (AvgIpc) is 2.92. The molecule has 1 heteroatoms. The molecule has 0 aliphatic heterocycles. The van der Waals surface area contributed by atoms with E-state index in [1.807, 2.05) is 0 Å². The van der Waals surface area contributed by atoms with E-state index in [0.29, 0.717) is 0 Å². The molecule has 0 unspecified atom stereocenters. The fourth-order valence-electron chi connectivity index (χ4n) is 5.63. The Morgan fingerprint density at radius 2 is 0.865 bits per heavy atom. The number of fused-ring (bicyclic) bond motifs is 6. The van der Waals surface area contributed by atoms with Gasteiger partial charge in [0, 0.05) is 17.1 Å². The summed E-state index contributed by atoms with van der Waals surface area (Å²) in [5.74, 6) is 0. The molecule has 0 bridgehead atoms. The third kappa shape index (κ3) is 3.62. The Labute approximate surface area is 218 Å². The minimum absolute atomic E-state index is 0.128. The fraction of sp³-hybridized carbons (Fsp3) is 0.111. The van der Waals surface area contributed by atoms with Crippen LogP contribution < -0.4 is 4.90 Å². The second-order valence-electron chi connectivity index (χ2n) is 11.1. The summed E-state index contributed by atoms with van der Waals surface area (Å²) in [4.78, 5) is 2.35. The van der Waals surface area contributed by atoms with E-state index in [4.69, 9.17) is 0 Å². The van der Waals surface area contributed by atoms with Crippen molar-refractivity contribution in [1.29, 1.82) is 0 Å². The van der Waals surface area contributed by atoms with E-state index in [-0.39, 0.29) is 5.41 Å². The Bertz CT molecular complexity index is 1790. The lowest BCUT2D eigenvalue weighted by Crippen LogP contribution is -2.13. The quantitative estimate of drug-likeness (QED) is 0.246. The smallest absolute Gasteiger partial charge is 0.0468 e. The van der Waals surface area contributed by atoms with Gasteiger partial charge in [0.15, 0.2) is 0 Å². The van der Waals surface area contributed by atoms with Crippen molar-refractivity contribution < 1.29 is 0 Å². The molecule has 7 rings (SSSR count). The summed E-state index contributed by atoms with van der Waals surface area (Å²) in [6.07, 6.45) is 0. The fourth-order valence-corrected chi connectivity index (χ4v) is 5.63. The van der Waals surface area contributed by atoms with Crippen LogP contribution in [0.25, 0.3) is 43.8 Å². The molecule has 0 atom stereocenters. The van der Waals surface area contributed by atoms with E-state index in [1.165, 1.54) is 60.7 Å². The molecule has 0 saturated carbocycles. The minimum Gasteiger partial charge on any atom is -0.310 e. The zero-order valence-corrected chi connectivity index (χ0v) is 21.5. The lowest BCUT2D eigenvalue weighted by Gasteiger charge is -2.28. The SMILES string of the molecule is CC(C)(C)c1ccc(N(c2ccccc2)c2ccc3cc4c(cc3c2)-c2cc3ccccc3cc2-4)cc1. The van der Waals surface area contributed by atoms with Gasteiger partial charge >= 0.3 is 0 Å². The van der Waals surface area contributed by atoms with E-state index in [2.05, 4.69) is 147 Å². The molecular formula is C36H29N. The number of para-hydroxylation sites is 1. The van der Waals surface area contributed by atoms with Gasteiger partial charge in [0.2, 0.25) is 0 Å². The van der Waals surface area contributed by atoms with Crippen molar-refractivity contribution in [2.45, 2.75) is 26.2 Å². The third-order valence-electron chi connectivity index (χ3n) is 7.69. The van der Waals surface area contributed by atoms with Gasteiger partial charge in [-0.2, -0.15) is 0 Å². The maximum Gasteiger partial charge on any atom is 0.0468 e. The second kappa shape index (κ2) is 8.08. The molecule has 0 saturated heterocycles. The number of hydrogen-bond donors (Lipinski definition) is 0. The first kappa shape index (κ1) is 21.9. The predicted molar refractivity (Wildman–Crippen MR) is 159 cm³/mol. The predicted octanol–water partition coefficient (Wildman–Crippen LogP) is 10.4. The van der Waals surface area contributed by atoms with Crippen LogP contribution in [0.2, 0.25) is 0 Å². The molecule has 37 heavy (non-hydrogen) atoms. The summed E-state index contributed by atoms with van der Waals surface area (Å²) in [5, 5.41) is 5.15. The molecule has 1 aliphatic carbocycles. The van der Waals surface area contributed by atoms with Crippen LogP contribution in [-0.4, -0.2) is 0 Å². The van der Waals surface area contributed by atoms with Gasteiger partial charge in [-0.3, -0.25) is 0 Å². The van der Waals surface area contributed by atoms with Crippen LogP contribution in [0.15, 0.2) is 121 Å². The molecular weight excluding hydrogens is 446 g/mol. The molecule has 0 N–H and O–H groups in total. The zero-order chi connectivity index (χ0) is 25.1. The van der Waals surface area contributed by atoms with Crippen molar-refractivity contribution >= 4 is 38.6 Å². The first-order chi connectivity index (χ1) is 18.0. The highest BCUT2D eigenvalue weighted by molar-refractivity contribution is 6.12. The van der Waals surface area contributed by atoms with Gasteiger partial charge in [-0.05, 0) is 115 Å². The Morgan fingerprint density at radius 3 is 1.43 bits per heavy atom. The molecule has 1 nitrogen and oxygen atoms in total. The van der Waals surface area contributed by atoms with Crippen molar-refractivity contribution in [2.24, 2.45) is 0 Å². The highest BCUT2D eigenvalue weighted by atomic mass is 15.1. The van der Waals surface area contributed by atoms with Gasteiger partial charge in [0.25, 0.3) is 0 Å². The highest BCUT2D eigenvalue weighted by Crippen LogP contribution is 2.50. The molecule has 0 amide bonds. The topological polar surface area (TPSA) is 3.24 Å². The first-order valence-electron chi connectivity index (χ1n) is 13.0. The monoisotopic (exact) mass is 475 g/mol. The second-order valence-corrected chi connectivity index (χ2v) is 11.1. The number of benzene rings is 6. The summed E-state index contributed by atoms with van der Waals surface area (Å²) in [5.41, 5.74) is 10.4. The number of rotatable bonds is 3. The number of hydrogen-bond acceptors (Lipinski definition) is 1. The van der Waals surface area contributed by atoms with Crippen molar-refractivity contribution in [3.8, 4) is 22.3 Å². The van der Waals surface area contributed by atoms with Crippen LogP contribution in [0, 0.1) is 0 Å². The summed E-state index contributed by atoms with van der Waals surface area (Å²) in [6.45, 7) is 6.78. The van der Waals surface area contributed by atoms with Crippen LogP contribution in [-0.2, 0) is 5.41 Å². The van der Waals surface area contributed by atoms with Crippen LogP contribution in [0.1, 0.15) is 26.3 Å². The largest absolute Gasteiger partial charge is 0.310 e. The van der Waals surface area contributed by atoms with Crippen molar-refractivity contribution in [1.82, 2.24) is 0 Å². The normalized spacial score (nSPS) is 12.2. The Morgan fingerprint density at radius 1 is 0.405 bits per heavy atom. The third-order valence-corrected chi connectivity index (χ3v) is 7.69. The van der Waals surface area contributed by atoms with Gasteiger partial charge in [-0.15, -0.1) is 0 Å². The lowest BCUT2D eigenvalue weighted by atomic mass is 9.78. The standard InChI is InChI=1S/C36H29N/c1-36(2,3)28-14-17-30(18-15-28)37(29-11-5-4-6-12-29)31-16-13-26-22-34-32-20-24-9-7-8-10-25(24)21-33(32)35(34)23-27(26)19-31/h4-23H,1-3H3. The first-order valence-corrected chi connectivity index (χ1v) is 13.0. The Balaban J connectivity index is 1.34. The van der Waals surface area contributed by atoms with Crippen LogP contribution in [0.4, 0.5) is 17.1 Å². The van der Waals surface area contributed by atoms with E-state index in [0.717, 1.165) is 5.69 Å². The molecule has 0 fully saturated rings. The van der Waals surface area contributed by atoms with Crippen molar-refractivity contribution in [2.75, 3.05) is 4.90 Å².